The first-order valence-electron chi connectivity index (χ1n) is 4.86. The van der Waals surface area contributed by atoms with Gasteiger partial charge in [-0.2, -0.15) is 5.26 Å². The van der Waals surface area contributed by atoms with E-state index in [4.69, 9.17) is 5.26 Å². The van der Waals surface area contributed by atoms with Crippen LogP contribution in [-0.4, -0.2) is 24.5 Å². The molecule has 0 bridgehead atoms. The fourth-order valence-corrected chi connectivity index (χ4v) is 1.19. The van der Waals surface area contributed by atoms with Gasteiger partial charge in [-0.1, -0.05) is 20.3 Å². The Bertz CT molecular complexity index is 137. The van der Waals surface area contributed by atoms with Crippen molar-refractivity contribution in [3.05, 3.63) is 0 Å². The number of hydrogen-bond acceptors (Lipinski definition) is 2. The molecule has 2 heteroatoms. The van der Waals surface area contributed by atoms with Gasteiger partial charge in [-0.15, -0.1) is 0 Å². The molecule has 0 aliphatic rings. The number of nitriles is 1. The molecule has 0 saturated heterocycles. The average molecular weight is 168 g/mol. The van der Waals surface area contributed by atoms with Gasteiger partial charge in [0.05, 0.1) is 12.0 Å². The summed E-state index contributed by atoms with van der Waals surface area (Å²) in [5.41, 5.74) is 0. The van der Waals surface area contributed by atoms with Crippen LogP contribution in [0.15, 0.2) is 0 Å². The molecule has 0 saturated carbocycles. The smallest absolute Gasteiger partial charge is 0.0666 e. The maximum absolute atomic E-state index is 8.63. The minimum atomic E-state index is 0.168. The van der Waals surface area contributed by atoms with Crippen LogP contribution in [0.25, 0.3) is 0 Å². The predicted molar refractivity (Wildman–Crippen MR) is 51.8 cm³/mol. The maximum Gasteiger partial charge on any atom is 0.0666 e. The van der Waals surface area contributed by atoms with E-state index in [-0.39, 0.29) is 5.92 Å². The number of unbranched alkanes of at least 4 members (excludes halogenated alkanes) is 1. The summed E-state index contributed by atoms with van der Waals surface area (Å²) in [7, 11) is 0. The Hall–Kier alpha value is -0.550. The van der Waals surface area contributed by atoms with Crippen molar-refractivity contribution >= 4 is 0 Å². The summed E-state index contributed by atoms with van der Waals surface area (Å²) in [6.45, 7) is 9.45. The molecule has 0 aromatic heterocycles. The lowest BCUT2D eigenvalue weighted by Crippen LogP contribution is -2.28. The molecule has 0 aromatic carbocycles. The molecule has 0 fully saturated rings. The van der Waals surface area contributed by atoms with Crippen LogP contribution in [-0.2, 0) is 0 Å². The highest BCUT2D eigenvalue weighted by Gasteiger charge is 2.06. The van der Waals surface area contributed by atoms with Crippen molar-refractivity contribution < 1.29 is 0 Å². The summed E-state index contributed by atoms with van der Waals surface area (Å²) in [6.07, 6.45) is 2.48. The molecule has 0 spiro atoms. The van der Waals surface area contributed by atoms with Gasteiger partial charge in [0.1, 0.15) is 0 Å². The summed E-state index contributed by atoms with van der Waals surface area (Å²) in [4.78, 5) is 2.34. The van der Waals surface area contributed by atoms with E-state index in [0.29, 0.717) is 0 Å². The largest absolute Gasteiger partial charge is 0.302 e. The van der Waals surface area contributed by atoms with Crippen molar-refractivity contribution in [3.63, 3.8) is 0 Å². The van der Waals surface area contributed by atoms with E-state index in [1.54, 1.807) is 0 Å². The lowest BCUT2D eigenvalue weighted by Gasteiger charge is -2.20. The molecule has 1 atom stereocenters. The van der Waals surface area contributed by atoms with Gasteiger partial charge < -0.3 is 4.90 Å². The predicted octanol–water partition coefficient (Wildman–Crippen LogP) is 2.27. The molecule has 12 heavy (non-hydrogen) atoms. The van der Waals surface area contributed by atoms with Gasteiger partial charge in [-0.25, -0.2) is 0 Å². The topological polar surface area (TPSA) is 27.0 Å². The van der Waals surface area contributed by atoms with Crippen LogP contribution in [0.2, 0.25) is 0 Å². The molecule has 0 aromatic rings. The highest BCUT2D eigenvalue weighted by Crippen LogP contribution is 2.00. The molecule has 0 amide bonds. The lowest BCUT2D eigenvalue weighted by atomic mass is 10.2. The van der Waals surface area contributed by atoms with Crippen molar-refractivity contribution in [3.8, 4) is 6.07 Å². The molecule has 70 valence electrons. The zero-order valence-electron chi connectivity index (χ0n) is 8.51. The Morgan fingerprint density at radius 3 is 2.50 bits per heavy atom. The van der Waals surface area contributed by atoms with E-state index in [1.165, 1.54) is 12.8 Å². The van der Waals surface area contributed by atoms with Crippen LogP contribution in [0, 0.1) is 17.2 Å². The van der Waals surface area contributed by atoms with Gasteiger partial charge >= 0.3 is 0 Å². The second kappa shape index (κ2) is 7.12. The summed E-state index contributed by atoms with van der Waals surface area (Å²) in [5, 5.41) is 8.63. The zero-order valence-corrected chi connectivity index (χ0v) is 8.51. The van der Waals surface area contributed by atoms with E-state index in [0.717, 1.165) is 19.6 Å². The van der Waals surface area contributed by atoms with Crippen LogP contribution in [0.4, 0.5) is 0 Å². The SMILES string of the molecule is CCCCN(CC)CC(C)C#N. The molecule has 2 nitrogen and oxygen atoms in total. The van der Waals surface area contributed by atoms with Crippen LogP contribution in [0.3, 0.4) is 0 Å². The summed E-state index contributed by atoms with van der Waals surface area (Å²) >= 11 is 0. The Balaban J connectivity index is 3.60. The number of nitrogens with zero attached hydrogens (tertiary/aromatic N) is 2. The fourth-order valence-electron chi connectivity index (χ4n) is 1.19. The second-order valence-electron chi connectivity index (χ2n) is 3.28. The van der Waals surface area contributed by atoms with E-state index in [9.17, 15) is 0 Å². The van der Waals surface area contributed by atoms with Crippen LogP contribution < -0.4 is 0 Å². The van der Waals surface area contributed by atoms with E-state index in [2.05, 4.69) is 24.8 Å². The second-order valence-corrected chi connectivity index (χ2v) is 3.28. The average Bonchev–Trinajstić information content (AvgIpc) is 2.11. The van der Waals surface area contributed by atoms with E-state index in [1.807, 2.05) is 6.92 Å². The molecule has 0 aliphatic carbocycles. The molecule has 0 heterocycles. The third-order valence-corrected chi connectivity index (χ3v) is 2.03. The first-order valence-corrected chi connectivity index (χ1v) is 4.86. The molecule has 0 radical (unpaired) electrons. The minimum Gasteiger partial charge on any atom is -0.302 e. The number of hydrogen-bond donors (Lipinski definition) is 0. The van der Waals surface area contributed by atoms with E-state index >= 15 is 0 Å². The Morgan fingerprint density at radius 1 is 1.42 bits per heavy atom. The Labute approximate surface area is 76.2 Å². The normalized spacial score (nSPS) is 12.9. The first kappa shape index (κ1) is 11.4. The Kier molecular flexibility index (Phi) is 6.79. The quantitative estimate of drug-likeness (QED) is 0.608. The first-order chi connectivity index (χ1) is 5.74. The summed E-state index contributed by atoms with van der Waals surface area (Å²) in [6, 6.07) is 2.26. The highest BCUT2D eigenvalue weighted by molar-refractivity contribution is 4.81. The van der Waals surface area contributed by atoms with Gasteiger partial charge in [0.15, 0.2) is 0 Å². The molecule has 1 unspecified atom stereocenters. The zero-order chi connectivity index (χ0) is 9.40. The molecular weight excluding hydrogens is 148 g/mol. The summed E-state index contributed by atoms with van der Waals surface area (Å²) in [5.74, 6) is 0.168. The van der Waals surface area contributed by atoms with Gasteiger partial charge in [0, 0.05) is 6.54 Å². The van der Waals surface area contributed by atoms with Crippen molar-refractivity contribution in [2.75, 3.05) is 19.6 Å². The Morgan fingerprint density at radius 2 is 2.08 bits per heavy atom. The van der Waals surface area contributed by atoms with Crippen molar-refractivity contribution in [1.29, 1.82) is 5.26 Å². The van der Waals surface area contributed by atoms with Crippen molar-refractivity contribution in [2.45, 2.75) is 33.6 Å². The van der Waals surface area contributed by atoms with Crippen LogP contribution >= 0.6 is 0 Å². The summed E-state index contributed by atoms with van der Waals surface area (Å²) < 4.78 is 0. The molecule has 0 rings (SSSR count). The van der Waals surface area contributed by atoms with Gasteiger partial charge in [-0.05, 0) is 26.4 Å². The van der Waals surface area contributed by atoms with Crippen LogP contribution in [0.5, 0.6) is 0 Å². The monoisotopic (exact) mass is 168 g/mol. The third kappa shape index (κ3) is 5.15. The van der Waals surface area contributed by atoms with Gasteiger partial charge in [0.2, 0.25) is 0 Å². The third-order valence-electron chi connectivity index (χ3n) is 2.03. The van der Waals surface area contributed by atoms with Gasteiger partial charge in [0.25, 0.3) is 0 Å². The molecular formula is C10H20N2. The molecule has 0 N–H and O–H groups in total. The molecule has 0 aliphatic heterocycles. The lowest BCUT2D eigenvalue weighted by molar-refractivity contribution is 0.264. The maximum atomic E-state index is 8.63. The van der Waals surface area contributed by atoms with Crippen molar-refractivity contribution in [1.82, 2.24) is 4.90 Å². The van der Waals surface area contributed by atoms with Crippen molar-refractivity contribution in [2.24, 2.45) is 5.92 Å². The van der Waals surface area contributed by atoms with Crippen LogP contribution in [0.1, 0.15) is 33.6 Å². The fraction of sp³-hybridized carbons (Fsp3) is 0.900. The minimum absolute atomic E-state index is 0.168. The standard InChI is InChI=1S/C10H20N2/c1-4-6-7-12(5-2)9-10(3)8-11/h10H,4-7,9H2,1-3H3. The van der Waals surface area contributed by atoms with E-state index < -0.39 is 0 Å². The number of rotatable bonds is 6. The highest BCUT2D eigenvalue weighted by atomic mass is 15.1. The van der Waals surface area contributed by atoms with Gasteiger partial charge in [-0.3, -0.25) is 0 Å².